The molecule has 1 saturated heterocycles. The lowest BCUT2D eigenvalue weighted by molar-refractivity contribution is 0.114. The molecule has 5 rings (SSSR count). The third kappa shape index (κ3) is 4.18. The Morgan fingerprint density at radius 3 is 2.41 bits per heavy atom. The highest BCUT2D eigenvalue weighted by Gasteiger charge is 2.20. The number of benzene rings is 2. The van der Waals surface area contributed by atoms with Crippen LogP contribution < -0.4 is 0 Å². The van der Waals surface area contributed by atoms with Gasteiger partial charge in [0.25, 0.3) is 0 Å². The van der Waals surface area contributed by atoms with E-state index in [1.165, 1.54) is 9.71 Å². The molecular formula is C21H20ClN5OS. The minimum absolute atomic E-state index is 0.472. The first-order chi connectivity index (χ1) is 14.2. The zero-order valence-electron chi connectivity index (χ0n) is 15.8. The van der Waals surface area contributed by atoms with Crippen molar-refractivity contribution in [1.29, 1.82) is 0 Å². The second-order valence-corrected chi connectivity index (χ2v) is 8.63. The molecule has 8 heteroatoms. The molecule has 0 aliphatic carbocycles. The molecule has 0 N–H and O–H groups in total. The van der Waals surface area contributed by atoms with E-state index in [1.54, 1.807) is 11.3 Å². The minimum atomic E-state index is 0.472. The van der Waals surface area contributed by atoms with Crippen LogP contribution in [0.4, 0.5) is 0 Å². The molecule has 1 aliphatic heterocycles. The molecule has 0 spiro atoms. The Balaban J connectivity index is 1.17. The van der Waals surface area contributed by atoms with Gasteiger partial charge in [0.2, 0.25) is 11.8 Å². The molecule has 0 unspecified atom stereocenters. The van der Waals surface area contributed by atoms with Gasteiger partial charge in [-0.2, -0.15) is 0 Å². The minimum Gasteiger partial charge on any atom is -0.419 e. The molecule has 3 heterocycles. The van der Waals surface area contributed by atoms with Gasteiger partial charge in [0.1, 0.15) is 5.01 Å². The Bertz CT molecular complexity index is 1090. The van der Waals surface area contributed by atoms with E-state index in [-0.39, 0.29) is 0 Å². The van der Waals surface area contributed by atoms with Crippen LogP contribution in [0.25, 0.3) is 21.7 Å². The highest BCUT2D eigenvalue weighted by Crippen LogP contribution is 2.27. The van der Waals surface area contributed by atoms with Crippen LogP contribution in [0.2, 0.25) is 5.02 Å². The molecule has 0 radical (unpaired) electrons. The number of para-hydroxylation sites is 1. The molecule has 0 bridgehead atoms. The van der Waals surface area contributed by atoms with Crippen molar-refractivity contribution in [1.82, 2.24) is 25.0 Å². The van der Waals surface area contributed by atoms with Gasteiger partial charge in [-0.05, 0) is 24.3 Å². The Kier molecular flexibility index (Phi) is 5.28. The highest BCUT2D eigenvalue weighted by molar-refractivity contribution is 7.18. The number of fused-ring (bicyclic) bond motifs is 1. The number of nitrogens with zero attached hydrogens (tertiary/aromatic N) is 5. The summed E-state index contributed by atoms with van der Waals surface area (Å²) in [6.45, 7) is 5.50. The van der Waals surface area contributed by atoms with Gasteiger partial charge in [0.05, 0.1) is 33.9 Å². The van der Waals surface area contributed by atoms with E-state index in [2.05, 4.69) is 38.2 Å². The Labute approximate surface area is 177 Å². The summed E-state index contributed by atoms with van der Waals surface area (Å²) in [6.07, 6.45) is 0. The Hall–Kier alpha value is -2.32. The molecule has 29 heavy (non-hydrogen) atoms. The van der Waals surface area contributed by atoms with Crippen LogP contribution in [0.5, 0.6) is 0 Å². The Morgan fingerprint density at radius 1 is 0.897 bits per heavy atom. The lowest BCUT2D eigenvalue weighted by Gasteiger charge is -2.33. The fourth-order valence-electron chi connectivity index (χ4n) is 3.54. The number of piperazine rings is 1. The predicted octanol–water partition coefficient (Wildman–Crippen LogP) is 4.32. The monoisotopic (exact) mass is 425 g/mol. The summed E-state index contributed by atoms with van der Waals surface area (Å²) in [6, 6.07) is 15.8. The normalized spacial score (nSPS) is 15.9. The van der Waals surface area contributed by atoms with Gasteiger partial charge in [-0.15, -0.1) is 21.5 Å². The van der Waals surface area contributed by atoms with Crippen molar-refractivity contribution in [3.05, 3.63) is 64.5 Å². The second kappa shape index (κ2) is 8.20. The van der Waals surface area contributed by atoms with Crippen molar-refractivity contribution in [2.45, 2.75) is 13.1 Å². The average Bonchev–Trinajstić information content (AvgIpc) is 3.36. The van der Waals surface area contributed by atoms with Crippen LogP contribution in [-0.2, 0) is 13.1 Å². The summed E-state index contributed by atoms with van der Waals surface area (Å²) in [4.78, 5) is 9.55. The van der Waals surface area contributed by atoms with Crippen molar-refractivity contribution >= 4 is 33.2 Å². The first-order valence-electron chi connectivity index (χ1n) is 9.61. The van der Waals surface area contributed by atoms with Gasteiger partial charge in [-0.3, -0.25) is 9.80 Å². The topological polar surface area (TPSA) is 58.3 Å². The quantitative estimate of drug-likeness (QED) is 0.474. The maximum absolute atomic E-state index is 6.22. The number of hydrogen-bond donors (Lipinski definition) is 0. The van der Waals surface area contributed by atoms with Gasteiger partial charge in [-0.1, -0.05) is 35.9 Å². The number of rotatable bonds is 5. The first kappa shape index (κ1) is 18.7. The fraction of sp³-hybridized carbons (Fsp3) is 0.286. The van der Waals surface area contributed by atoms with Crippen molar-refractivity contribution in [3.8, 4) is 11.5 Å². The molecule has 1 aliphatic rings. The van der Waals surface area contributed by atoms with E-state index in [9.17, 15) is 0 Å². The van der Waals surface area contributed by atoms with Crippen LogP contribution in [0.3, 0.4) is 0 Å². The average molecular weight is 426 g/mol. The van der Waals surface area contributed by atoms with E-state index in [0.29, 0.717) is 23.3 Å². The molecular weight excluding hydrogens is 406 g/mol. The molecule has 2 aromatic heterocycles. The van der Waals surface area contributed by atoms with Gasteiger partial charge >= 0.3 is 0 Å². The van der Waals surface area contributed by atoms with Crippen molar-refractivity contribution < 1.29 is 4.42 Å². The van der Waals surface area contributed by atoms with Crippen LogP contribution in [0.1, 0.15) is 10.9 Å². The zero-order chi connectivity index (χ0) is 19.6. The lowest BCUT2D eigenvalue weighted by atomic mass is 10.2. The third-order valence-electron chi connectivity index (χ3n) is 5.09. The van der Waals surface area contributed by atoms with Crippen LogP contribution in [-0.4, -0.2) is 51.2 Å². The van der Waals surface area contributed by atoms with Gasteiger partial charge in [-0.25, -0.2) is 4.98 Å². The summed E-state index contributed by atoms with van der Waals surface area (Å²) >= 11 is 8.01. The van der Waals surface area contributed by atoms with Crippen LogP contribution in [0.15, 0.2) is 52.9 Å². The summed E-state index contributed by atoms with van der Waals surface area (Å²) in [5, 5.41) is 10.2. The van der Waals surface area contributed by atoms with E-state index in [4.69, 9.17) is 21.0 Å². The maximum atomic E-state index is 6.22. The summed E-state index contributed by atoms with van der Waals surface area (Å²) < 4.78 is 7.10. The fourth-order valence-corrected chi connectivity index (χ4v) is 4.76. The SMILES string of the molecule is Clc1ccccc1-c1nnc(CN2CCN(Cc3nc4ccccc4s3)CC2)o1. The molecule has 0 amide bonds. The first-order valence-corrected chi connectivity index (χ1v) is 10.8. The number of halogens is 1. The maximum Gasteiger partial charge on any atom is 0.249 e. The summed E-state index contributed by atoms with van der Waals surface area (Å²) in [5.41, 5.74) is 1.87. The second-order valence-electron chi connectivity index (χ2n) is 7.11. The van der Waals surface area contributed by atoms with Crippen molar-refractivity contribution in [3.63, 3.8) is 0 Å². The van der Waals surface area contributed by atoms with Gasteiger partial charge in [0.15, 0.2) is 0 Å². The van der Waals surface area contributed by atoms with E-state index in [1.807, 2.05) is 30.3 Å². The highest BCUT2D eigenvalue weighted by atomic mass is 35.5. The van der Waals surface area contributed by atoms with E-state index >= 15 is 0 Å². The molecule has 0 atom stereocenters. The summed E-state index contributed by atoms with van der Waals surface area (Å²) in [7, 11) is 0. The lowest BCUT2D eigenvalue weighted by Crippen LogP contribution is -2.45. The van der Waals surface area contributed by atoms with Crippen LogP contribution >= 0.6 is 22.9 Å². The van der Waals surface area contributed by atoms with Gasteiger partial charge in [0, 0.05) is 26.2 Å². The number of hydrogen-bond acceptors (Lipinski definition) is 7. The van der Waals surface area contributed by atoms with Crippen LogP contribution in [0, 0.1) is 0 Å². The van der Waals surface area contributed by atoms with Crippen molar-refractivity contribution in [2.75, 3.05) is 26.2 Å². The third-order valence-corrected chi connectivity index (χ3v) is 6.44. The van der Waals surface area contributed by atoms with Gasteiger partial charge < -0.3 is 4.42 Å². The number of aromatic nitrogens is 3. The predicted molar refractivity (Wildman–Crippen MR) is 115 cm³/mol. The smallest absolute Gasteiger partial charge is 0.249 e. The molecule has 6 nitrogen and oxygen atoms in total. The molecule has 0 saturated carbocycles. The zero-order valence-corrected chi connectivity index (χ0v) is 17.4. The molecule has 148 valence electrons. The largest absolute Gasteiger partial charge is 0.419 e. The standard InChI is InChI=1S/C21H20ClN5OS/c22-16-6-2-1-5-15(16)21-25-24-19(28-21)13-26-9-11-27(12-10-26)14-20-23-17-7-3-4-8-18(17)29-20/h1-8H,9-14H2. The van der Waals surface area contributed by atoms with E-state index < -0.39 is 0 Å². The molecule has 4 aromatic rings. The van der Waals surface area contributed by atoms with Crippen molar-refractivity contribution in [2.24, 2.45) is 0 Å². The number of thiazole rings is 1. The summed E-state index contributed by atoms with van der Waals surface area (Å²) in [5.74, 6) is 1.10. The Morgan fingerprint density at radius 2 is 1.62 bits per heavy atom. The van der Waals surface area contributed by atoms with E-state index in [0.717, 1.165) is 43.8 Å². The molecule has 2 aromatic carbocycles. The molecule has 1 fully saturated rings.